The van der Waals surface area contributed by atoms with Crippen LogP contribution in [0.15, 0.2) is 182 Å². The quantitative estimate of drug-likeness (QED) is 0.0302. The SMILES string of the molecule is Cc1cc(Nc2cc(CN3CCC3)nc(Sc3ccc(NC(=O)c4ccccc4C(F)(F)F)cc3)n2)n[nH]1.Cc1cc(Nc2cc(N3CC(O)(C4CC4)C3)nc(Sc3ccc(N4CCCC4=O)cc3)n2)n[nH]1.Cc1cc(Nc2cc(N3CC(O)(C4CC4)C3)nc(Sc3ccc4ccccc4c3)n2)n[nH]1.[HH].[HH].[HH].[HH].[HH].[HH].[HH].[HH].[HH]. The molecule has 6 aliphatic rings. The molecule has 2 saturated carbocycles. The highest BCUT2D eigenvalue weighted by molar-refractivity contribution is 7.99. The Morgan fingerprint density at radius 1 is 0.548 bits per heavy atom. The van der Waals surface area contributed by atoms with Crippen LogP contribution < -0.4 is 36.0 Å². The number of H-pyrrole nitrogens is 3. The number of nitrogens with one attached hydrogen (secondary N) is 7. The molecule has 0 radical (unpaired) electrons. The molecule has 11 aromatic rings. The molecule has 17 rings (SSSR count). The van der Waals surface area contributed by atoms with Gasteiger partial charge >= 0.3 is 6.18 Å². The summed E-state index contributed by atoms with van der Waals surface area (Å²) in [5.41, 5.74) is 2.47. The van der Waals surface area contributed by atoms with E-state index in [1.807, 2.05) is 98.5 Å². The number of carbonyl (C=O) groups is 2. The Balaban J connectivity index is 0.000000255. The predicted molar refractivity (Wildman–Crippen MR) is 415 cm³/mol. The van der Waals surface area contributed by atoms with Crippen molar-refractivity contribution in [3.05, 3.63) is 186 Å². The Morgan fingerprint density at radius 3 is 1.51 bits per heavy atom. The van der Waals surface area contributed by atoms with Crippen LogP contribution in [0.5, 0.6) is 0 Å². The van der Waals surface area contributed by atoms with E-state index in [1.54, 1.807) is 24.3 Å². The lowest BCUT2D eigenvalue weighted by Gasteiger charge is -2.47. The van der Waals surface area contributed by atoms with Gasteiger partial charge in [-0.25, -0.2) is 29.9 Å². The molecular weight excluding hydrogens is 1390 g/mol. The van der Waals surface area contributed by atoms with Crippen molar-refractivity contribution in [3.63, 3.8) is 0 Å². The number of halogens is 3. The summed E-state index contributed by atoms with van der Waals surface area (Å²) in [6.45, 7) is 11.8. The normalized spacial score (nSPS) is 16.7. The van der Waals surface area contributed by atoms with Gasteiger partial charge < -0.3 is 46.2 Å². The maximum atomic E-state index is 13.3. The molecule has 2 amide bonds. The third-order valence-electron chi connectivity index (χ3n) is 18.7. The van der Waals surface area contributed by atoms with Crippen LogP contribution in [0.1, 0.15) is 96.5 Å². The topological polar surface area (TPSA) is 299 Å². The number of fused-ring (bicyclic) bond motifs is 1. The van der Waals surface area contributed by atoms with Gasteiger partial charge in [0.1, 0.15) is 40.3 Å². The average molecular weight is 1480 g/mol. The number of hydrogen-bond donors (Lipinski definition) is 9. The van der Waals surface area contributed by atoms with E-state index >= 15 is 0 Å². The lowest BCUT2D eigenvalue weighted by Crippen LogP contribution is -2.63. The Kier molecular flexibility index (Phi) is 19.8. The number of benzene rings is 5. The number of nitrogens with zero attached hydrogens (tertiary/aromatic N) is 13. The minimum absolute atomic E-state index is 0. The molecule has 4 aliphatic heterocycles. The second-order valence-corrected chi connectivity index (χ2v) is 30.2. The molecule has 24 nitrogen and oxygen atoms in total. The Bertz CT molecular complexity index is 4970. The monoisotopic (exact) mass is 1480 g/mol. The lowest BCUT2D eigenvalue weighted by atomic mass is 9.89. The van der Waals surface area contributed by atoms with Gasteiger partial charge in [0.25, 0.3) is 5.91 Å². The maximum Gasteiger partial charge on any atom is 0.417 e. The van der Waals surface area contributed by atoms with Gasteiger partial charge in [-0.1, -0.05) is 42.5 Å². The molecule has 104 heavy (non-hydrogen) atoms. The molecule has 6 fully saturated rings. The summed E-state index contributed by atoms with van der Waals surface area (Å²) < 4.78 is 39.8. The van der Waals surface area contributed by atoms with Crippen molar-refractivity contribution in [1.82, 2.24) is 65.4 Å². The van der Waals surface area contributed by atoms with E-state index in [0.717, 1.165) is 119 Å². The van der Waals surface area contributed by atoms with Crippen molar-refractivity contribution >= 4 is 116 Å². The number of amides is 2. The lowest BCUT2D eigenvalue weighted by molar-refractivity contribution is -0.137. The highest BCUT2D eigenvalue weighted by Gasteiger charge is 2.53. The van der Waals surface area contributed by atoms with Crippen LogP contribution in [0.4, 0.5) is 71.1 Å². The summed E-state index contributed by atoms with van der Waals surface area (Å²) >= 11 is 4.35. The summed E-state index contributed by atoms with van der Waals surface area (Å²) in [7, 11) is 0. The van der Waals surface area contributed by atoms with Gasteiger partial charge in [-0.15, -0.1) is 0 Å². The van der Waals surface area contributed by atoms with Gasteiger partial charge in [-0.3, -0.25) is 29.8 Å². The van der Waals surface area contributed by atoms with Crippen molar-refractivity contribution in [2.75, 3.05) is 81.8 Å². The number of β-amino-alcohol motifs (C(OH)–C–C–N with tert-alkyl or cyclic N) is 2. The first kappa shape index (κ1) is 69.6. The van der Waals surface area contributed by atoms with Crippen LogP contribution in [0.25, 0.3) is 10.8 Å². The van der Waals surface area contributed by atoms with Gasteiger partial charge in [-0.2, -0.15) is 28.5 Å². The fourth-order valence-electron chi connectivity index (χ4n) is 12.8. The first-order chi connectivity index (χ1) is 50.2. The average Bonchev–Trinajstić information content (AvgIpc) is 1.62. The van der Waals surface area contributed by atoms with E-state index in [4.69, 9.17) is 24.9 Å². The maximum absolute atomic E-state index is 13.3. The molecule has 0 spiro atoms. The standard InChI is InChI=1S/C26H24F3N7OS.C24H27N7O2S.C24H24N6OS.9H2/c1-16-13-23(35-34-16)32-22-14-18(15-36-11-4-12-36)31-25(33-22)38-19-9-7-17(8-10-19)30-24(37)20-5-2-3-6-21(20)26(27,28)29;1-15-11-20(29-28-15)25-19-12-21(30-13-24(33,14-30)16-4-5-16)27-23(26-19)34-18-8-6-17(7-9-18)31-10-2-3-22(31)32;1-15-10-21(29-28-15)25-20-12-22(30-13-24(31,14-30)18-7-8-18)27-23(26-20)32-19-9-6-16-4-2-3-5-17(16)11-19;;;;;;;;;/h2-3,5-10,13-14H,4,11-12,15H2,1H3,(H,30,37)(H2,31,32,33,34,35);6-9,11-12,16,33H,2-5,10,13-14H2,1H3,(H2,25,26,27,28,29);2-6,9-12,18,31H,7-8,13-14H2,1H3,(H2,25,26,27,28,29);9*1H. The number of aromatic nitrogens is 12. The van der Waals surface area contributed by atoms with Gasteiger partial charge in [0.2, 0.25) is 5.91 Å². The van der Waals surface area contributed by atoms with Gasteiger partial charge in [0.15, 0.2) is 32.9 Å². The Morgan fingerprint density at radius 2 is 1.03 bits per heavy atom. The largest absolute Gasteiger partial charge is 0.417 e. The van der Waals surface area contributed by atoms with E-state index in [1.165, 1.54) is 64.6 Å². The van der Waals surface area contributed by atoms with Crippen LogP contribution in [0.2, 0.25) is 0 Å². The molecule has 9 N–H and O–H groups in total. The number of aromatic amines is 3. The molecular formula is C74H93F3N20O4S3. The predicted octanol–water partition coefficient (Wildman–Crippen LogP) is 16.1. The van der Waals surface area contributed by atoms with E-state index in [9.17, 15) is 33.0 Å². The van der Waals surface area contributed by atoms with Crippen LogP contribution in [0, 0.1) is 32.6 Å². The fourth-order valence-corrected chi connectivity index (χ4v) is 15.2. The summed E-state index contributed by atoms with van der Waals surface area (Å²) in [6.07, 6.45) is 2.56. The third kappa shape index (κ3) is 16.9. The van der Waals surface area contributed by atoms with E-state index in [-0.39, 0.29) is 18.7 Å². The van der Waals surface area contributed by atoms with E-state index < -0.39 is 34.4 Å². The Labute approximate surface area is 623 Å². The summed E-state index contributed by atoms with van der Waals surface area (Å²) in [4.78, 5) is 64.2. The molecule has 0 bridgehead atoms. The number of anilines is 10. The van der Waals surface area contributed by atoms with Crippen LogP contribution >= 0.6 is 35.3 Å². The molecule has 0 atom stereocenters. The molecule has 0 unspecified atom stereocenters. The van der Waals surface area contributed by atoms with Gasteiger partial charge in [0.05, 0.1) is 43.0 Å². The number of aliphatic hydroxyl groups is 2. The van der Waals surface area contributed by atoms with Crippen molar-refractivity contribution < 1.29 is 45.8 Å². The summed E-state index contributed by atoms with van der Waals surface area (Å²) in [5.74, 6) is 5.85. The number of rotatable bonds is 21. The first-order valence-corrected chi connectivity index (χ1v) is 36.9. The zero-order valence-corrected chi connectivity index (χ0v) is 59.5. The highest BCUT2D eigenvalue weighted by atomic mass is 32.2. The molecule has 552 valence electrons. The number of likely N-dealkylation sites (tertiary alicyclic amines) is 1. The zero-order valence-electron chi connectivity index (χ0n) is 57.1. The van der Waals surface area contributed by atoms with Crippen LogP contribution in [-0.4, -0.2) is 144 Å². The van der Waals surface area contributed by atoms with Crippen molar-refractivity contribution in [1.29, 1.82) is 0 Å². The first-order valence-electron chi connectivity index (χ1n) is 34.4. The van der Waals surface area contributed by atoms with Crippen LogP contribution in [-0.2, 0) is 17.5 Å². The highest BCUT2D eigenvalue weighted by Crippen LogP contribution is 2.48. The molecule has 30 heteroatoms. The van der Waals surface area contributed by atoms with Gasteiger partial charge in [0, 0.05) is 112 Å². The number of hydrogen-bond acceptors (Lipinski definition) is 22. The molecule has 6 aromatic heterocycles. The second kappa shape index (κ2) is 29.6. The number of aryl methyl sites for hydroxylation is 3. The second-order valence-electron chi connectivity index (χ2n) is 27.1. The van der Waals surface area contributed by atoms with Crippen molar-refractivity contribution in [2.24, 2.45) is 11.8 Å². The summed E-state index contributed by atoms with van der Waals surface area (Å²) in [6, 6.07) is 45.6. The Hall–Kier alpha value is -10.1. The van der Waals surface area contributed by atoms with E-state index in [2.05, 4.69) is 102 Å². The molecule has 10 heterocycles. The van der Waals surface area contributed by atoms with E-state index in [0.29, 0.717) is 107 Å². The molecule has 2 aliphatic carbocycles. The number of alkyl halides is 3. The van der Waals surface area contributed by atoms with Crippen LogP contribution in [0.3, 0.4) is 0 Å². The third-order valence-corrected chi connectivity index (χ3v) is 21.3. The molecule has 5 aromatic carbocycles. The minimum Gasteiger partial charge on any atom is -0.386 e. The zero-order chi connectivity index (χ0) is 71.7. The fraction of sp³-hybridized carbons (Fsp3) is 0.311. The smallest absolute Gasteiger partial charge is 0.386 e. The van der Waals surface area contributed by atoms with Crippen molar-refractivity contribution in [2.45, 2.75) is 120 Å². The summed E-state index contributed by atoms with van der Waals surface area (Å²) in [5, 5.41) is 59.6. The van der Waals surface area contributed by atoms with Gasteiger partial charge in [-0.05, 0) is 203 Å². The molecule has 4 saturated heterocycles. The minimum atomic E-state index is -4.62. The van der Waals surface area contributed by atoms with Crippen molar-refractivity contribution in [3.8, 4) is 0 Å². The number of carbonyl (C=O) groups excluding carboxylic acids is 2.